The first kappa shape index (κ1) is 50.9. The summed E-state index contributed by atoms with van der Waals surface area (Å²) in [6.07, 6.45) is 0. The van der Waals surface area contributed by atoms with Gasteiger partial charge in [0.1, 0.15) is 0 Å². The van der Waals surface area contributed by atoms with Gasteiger partial charge in [-0.2, -0.15) is 0 Å². The summed E-state index contributed by atoms with van der Waals surface area (Å²) < 4.78 is 48.2. The molecule has 0 N–H and O–H groups in total. The molecule has 0 aliphatic carbocycles. The molecule has 0 amide bonds. The molecule has 2 unspecified atom stereocenters. The van der Waals surface area contributed by atoms with Gasteiger partial charge in [0.25, 0.3) is 18.6 Å². The zero-order chi connectivity index (χ0) is 36.9. The third-order valence-electron chi connectivity index (χ3n) is 4.96. The number of rotatable bonds is 18. The van der Waals surface area contributed by atoms with Gasteiger partial charge in [0.2, 0.25) is 0 Å². The van der Waals surface area contributed by atoms with Crippen molar-refractivity contribution >= 4 is 95.6 Å². The molecule has 45 heavy (non-hydrogen) atoms. The molecule has 0 heterocycles. The van der Waals surface area contributed by atoms with Crippen molar-refractivity contribution in [2.45, 2.75) is 144 Å². The maximum Gasteiger partial charge on any atom is 0.312 e. The molecule has 0 aromatic heterocycles. The van der Waals surface area contributed by atoms with Crippen LogP contribution in [0.5, 0.6) is 0 Å². The van der Waals surface area contributed by atoms with Gasteiger partial charge in [-0.15, -0.1) is 13.2 Å². The van der Waals surface area contributed by atoms with Crippen LogP contribution in [0.25, 0.3) is 0 Å². The van der Waals surface area contributed by atoms with E-state index in [0.717, 1.165) is 0 Å². The van der Waals surface area contributed by atoms with E-state index in [2.05, 4.69) is 157 Å². The maximum absolute atomic E-state index is 6.14. The van der Waals surface area contributed by atoms with Crippen LogP contribution >= 0.6 is 0 Å². The minimum Gasteiger partial charge on any atom is -0.442 e. The Morgan fingerprint density at radius 1 is 0.400 bits per heavy atom. The Morgan fingerprint density at radius 2 is 0.778 bits per heavy atom. The quantitative estimate of drug-likeness (QED) is 0.128. The molecule has 272 valence electrons. The minimum absolute atomic E-state index is 0.939. The molecule has 0 spiro atoms. The summed E-state index contributed by atoms with van der Waals surface area (Å²) in [7, 11) is -17.2. The average Bonchev–Trinajstić information content (AvgIpc) is 2.67. The fourth-order valence-electron chi connectivity index (χ4n) is 4.46. The highest BCUT2D eigenvalue weighted by atomic mass is 28.5. The summed E-state index contributed by atoms with van der Waals surface area (Å²) in [5.74, 6) is 0. The SMILES string of the molecule is C=C[Si](C)(C)O[Si](C)(C)O[Si](C)(C)C=C.C[SiH](C)O[SiH](C)O[Si](C)(C)O[SiH](C)C.C[SiH](O[Si](C)(C)C)O[Si](C)(C)O[Si](C)(C)C. The summed E-state index contributed by atoms with van der Waals surface area (Å²) >= 11 is 0. The van der Waals surface area contributed by atoms with E-state index < -0.39 is 95.6 Å². The molecule has 0 saturated heterocycles. The smallest absolute Gasteiger partial charge is 0.312 e. The molecular weight excluding hydrogens is 749 g/mol. The molecule has 0 aromatic rings. The van der Waals surface area contributed by atoms with Gasteiger partial charge < -0.3 is 32.9 Å². The first-order chi connectivity index (χ1) is 19.6. The van der Waals surface area contributed by atoms with E-state index in [1.807, 2.05) is 11.4 Å². The van der Waals surface area contributed by atoms with Crippen molar-refractivity contribution in [3.63, 3.8) is 0 Å². The molecular formula is C26H76O8Si11. The van der Waals surface area contributed by atoms with Gasteiger partial charge in [-0.3, -0.25) is 0 Å². The molecule has 0 radical (unpaired) electrons. The van der Waals surface area contributed by atoms with Crippen LogP contribution in [-0.2, 0) is 32.9 Å². The summed E-state index contributed by atoms with van der Waals surface area (Å²) in [4.78, 5) is 0. The molecule has 0 aromatic carbocycles. The molecule has 0 aliphatic heterocycles. The monoisotopic (exact) mass is 824 g/mol. The minimum atomic E-state index is -2.04. The second kappa shape index (κ2) is 21.0. The number of hydrogen-bond acceptors (Lipinski definition) is 8. The molecule has 0 rings (SSSR count). The third kappa shape index (κ3) is 35.2. The summed E-state index contributed by atoms with van der Waals surface area (Å²) in [5.41, 5.74) is 3.90. The average molecular weight is 826 g/mol. The van der Waals surface area contributed by atoms with Crippen LogP contribution in [0.4, 0.5) is 0 Å². The van der Waals surface area contributed by atoms with Crippen LogP contribution in [0.15, 0.2) is 24.6 Å². The predicted molar refractivity (Wildman–Crippen MR) is 227 cm³/mol. The van der Waals surface area contributed by atoms with Crippen LogP contribution in [0, 0.1) is 0 Å². The Kier molecular flexibility index (Phi) is 23.8. The molecule has 0 fully saturated rings. The fourth-order valence-corrected chi connectivity index (χ4v) is 42.4. The van der Waals surface area contributed by atoms with Crippen LogP contribution in [0.2, 0.25) is 144 Å². The summed E-state index contributed by atoms with van der Waals surface area (Å²) in [6.45, 7) is 55.1. The molecule has 0 saturated carbocycles. The normalized spacial score (nSPS) is 15.1. The first-order valence-corrected chi connectivity index (χ1v) is 47.3. The lowest BCUT2D eigenvalue weighted by Crippen LogP contribution is -2.51. The van der Waals surface area contributed by atoms with E-state index in [4.69, 9.17) is 32.9 Å². The fraction of sp³-hybridized carbons (Fsp3) is 0.846. The van der Waals surface area contributed by atoms with Gasteiger partial charge in [0.15, 0.2) is 51.4 Å². The lowest BCUT2D eigenvalue weighted by molar-refractivity contribution is 0.352. The molecule has 0 bridgehead atoms. The van der Waals surface area contributed by atoms with Crippen LogP contribution in [0.3, 0.4) is 0 Å². The Morgan fingerprint density at radius 3 is 1.07 bits per heavy atom. The standard InChI is InChI=1S/C10H24O2Si3.C9H28O3Si4.C7H24O3Si4/c1-9-13(3,4)11-15(7,8)12-14(5,6)10-2;1-13(10-14(2,3)4)11-16(8,9)12-15(5,6)7;1-11(2)8-13(5)10-14(6,7)9-12(3)4/h9-10H,1-2H2,3-8H3;13H,1-9H3;11-13H,1-7H3. The Labute approximate surface area is 295 Å². The lowest BCUT2D eigenvalue weighted by Gasteiger charge is -2.36. The second-order valence-corrected chi connectivity index (χ2v) is 54.0. The van der Waals surface area contributed by atoms with Gasteiger partial charge in [0, 0.05) is 0 Å². The zero-order valence-electron chi connectivity index (χ0n) is 33.6. The highest BCUT2D eigenvalue weighted by Gasteiger charge is 2.37. The molecule has 8 nitrogen and oxygen atoms in total. The van der Waals surface area contributed by atoms with Crippen molar-refractivity contribution in [1.29, 1.82) is 0 Å². The van der Waals surface area contributed by atoms with Crippen LogP contribution < -0.4 is 0 Å². The zero-order valence-corrected chi connectivity index (χ0v) is 45.3. The Hall–Kier alpha value is 1.55. The highest BCUT2D eigenvalue weighted by molar-refractivity contribution is 6.90. The Bertz CT molecular complexity index is 820. The van der Waals surface area contributed by atoms with Gasteiger partial charge in [-0.25, -0.2) is 0 Å². The molecule has 2 atom stereocenters. The largest absolute Gasteiger partial charge is 0.442 e. The second-order valence-electron chi connectivity index (χ2n) is 16.2. The van der Waals surface area contributed by atoms with E-state index in [1.165, 1.54) is 0 Å². The lowest BCUT2D eigenvalue weighted by atomic mass is 11.3. The third-order valence-corrected chi connectivity index (χ3v) is 38.7. The highest BCUT2D eigenvalue weighted by Crippen LogP contribution is 2.21. The summed E-state index contributed by atoms with van der Waals surface area (Å²) in [5, 5.41) is 0. The van der Waals surface area contributed by atoms with Crippen molar-refractivity contribution < 1.29 is 32.9 Å². The predicted octanol–water partition coefficient (Wildman–Crippen LogP) is 8.40. The van der Waals surface area contributed by atoms with E-state index >= 15 is 0 Å². The maximum atomic E-state index is 6.14. The van der Waals surface area contributed by atoms with Gasteiger partial charge in [-0.05, 0) is 144 Å². The van der Waals surface area contributed by atoms with Gasteiger partial charge in [0.05, 0.1) is 0 Å². The molecule has 0 aliphatic rings. The van der Waals surface area contributed by atoms with E-state index in [0.29, 0.717) is 0 Å². The van der Waals surface area contributed by atoms with Crippen molar-refractivity contribution in [3.8, 4) is 0 Å². The van der Waals surface area contributed by atoms with Crippen molar-refractivity contribution in [3.05, 3.63) is 24.6 Å². The topological polar surface area (TPSA) is 73.8 Å². The summed E-state index contributed by atoms with van der Waals surface area (Å²) in [6, 6.07) is 0. The Balaban J connectivity index is -0.000000589. The van der Waals surface area contributed by atoms with Gasteiger partial charge in [-0.1, -0.05) is 11.4 Å². The van der Waals surface area contributed by atoms with Crippen molar-refractivity contribution in [2.75, 3.05) is 0 Å². The van der Waals surface area contributed by atoms with E-state index in [-0.39, 0.29) is 0 Å². The molecule has 19 heteroatoms. The number of hydrogen-bond donors (Lipinski definition) is 0. The van der Waals surface area contributed by atoms with E-state index in [9.17, 15) is 0 Å². The van der Waals surface area contributed by atoms with E-state index in [1.54, 1.807) is 0 Å². The van der Waals surface area contributed by atoms with Gasteiger partial charge >= 0.3 is 25.7 Å². The first-order valence-electron chi connectivity index (χ1n) is 16.3. The van der Waals surface area contributed by atoms with Crippen molar-refractivity contribution in [2.24, 2.45) is 0 Å². The van der Waals surface area contributed by atoms with Crippen LogP contribution in [-0.4, -0.2) is 95.6 Å². The van der Waals surface area contributed by atoms with Crippen molar-refractivity contribution in [1.82, 2.24) is 0 Å². The van der Waals surface area contributed by atoms with Crippen LogP contribution in [0.1, 0.15) is 0 Å².